The maximum atomic E-state index is 12.8. The van der Waals surface area contributed by atoms with Crippen molar-refractivity contribution in [1.29, 1.82) is 0 Å². The summed E-state index contributed by atoms with van der Waals surface area (Å²) in [7, 11) is 0. The van der Waals surface area contributed by atoms with Gasteiger partial charge in [0.15, 0.2) is 0 Å². The van der Waals surface area contributed by atoms with Gasteiger partial charge in [0.2, 0.25) is 5.91 Å². The number of benzene rings is 2. The standard InChI is InChI=1S/C18H18ClF3N2O/c19-16-9-8-14(11-15(16)18(20,21)22)24-12-17(25)23-10-4-7-13-5-2-1-3-6-13/h1-3,5-6,8-9,11,24H,4,7,10,12H2,(H,23,25). The molecule has 0 aliphatic heterocycles. The van der Waals surface area contributed by atoms with E-state index < -0.39 is 11.7 Å². The van der Waals surface area contributed by atoms with Crippen molar-refractivity contribution >= 4 is 23.2 Å². The number of hydrogen-bond donors (Lipinski definition) is 2. The van der Waals surface area contributed by atoms with Crippen molar-refractivity contribution in [1.82, 2.24) is 5.32 Å². The lowest BCUT2D eigenvalue weighted by molar-refractivity contribution is -0.137. The van der Waals surface area contributed by atoms with Gasteiger partial charge in [0, 0.05) is 12.2 Å². The zero-order chi connectivity index (χ0) is 18.3. The second kappa shape index (κ2) is 8.76. The average Bonchev–Trinajstić information content (AvgIpc) is 2.58. The molecule has 0 heterocycles. The minimum atomic E-state index is -4.53. The third-order valence-corrected chi connectivity index (χ3v) is 3.86. The normalized spacial score (nSPS) is 11.2. The minimum absolute atomic E-state index is 0.107. The number of carbonyl (C=O) groups is 1. The first-order valence-corrected chi connectivity index (χ1v) is 8.15. The highest BCUT2D eigenvalue weighted by Crippen LogP contribution is 2.36. The van der Waals surface area contributed by atoms with E-state index in [4.69, 9.17) is 11.6 Å². The molecule has 0 atom stereocenters. The summed E-state index contributed by atoms with van der Waals surface area (Å²) in [6.07, 6.45) is -2.90. The van der Waals surface area contributed by atoms with Crippen LogP contribution in [0.5, 0.6) is 0 Å². The van der Waals surface area contributed by atoms with Crippen LogP contribution in [-0.2, 0) is 17.4 Å². The van der Waals surface area contributed by atoms with E-state index in [9.17, 15) is 18.0 Å². The van der Waals surface area contributed by atoms with Gasteiger partial charge in [-0.2, -0.15) is 13.2 Å². The molecule has 0 bridgehead atoms. The van der Waals surface area contributed by atoms with E-state index in [1.165, 1.54) is 11.6 Å². The minimum Gasteiger partial charge on any atom is -0.376 e. The fraction of sp³-hybridized carbons (Fsp3) is 0.278. The van der Waals surface area contributed by atoms with Crippen molar-refractivity contribution in [3.63, 3.8) is 0 Å². The molecule has 0 saturated carbocycles. The van der Waals surface area contributed by atoms with Crippen LogP contribution in [0.1, 0.15) is 17.5 Å². The highest BCUT2D eigenvalue weighted by atomic mass is 35.5. The molecule has 3 nitrogen and oxygen atoms in total. The number of aryl methyl sites for hydroxylation is 1. The Labute approximate surface area is 149 Å². The van der Waals surface area contributed by atoms with Crippen LogP contribution >= 0.6 is 11.6 Å². The van der Waals surface area contributed by atoms with Gasteiger partial charge in [0.05, 0.1) is 17.1 Å². The van der Waals surface area contributed by atoms with E-state index >= 15 is 0 Å². The molecule has 0 aliphatic carbocycles. The number of alkyl halides is 3. The molecular weight excluding hydrogens is 353 g/mol. The Hall–Kier alpha value is -2.21. The van der Waals surface area contributed by atoms with Crippen LogP contribution in [0.25, 0.3) is 0 Å². The summed E-state index contributed by atoms with van der Waals surface area (Å²) in [6, 6.07) is 13.3. The molecule has 0 spiro atoms. The van der Waals surface area contributed by atoms with E-state index in [-0.39, 0.29) is 23.2 Å². The van der Waals surface area contributed by atoms with Crippen molar-refractivity contribution in [3.05, 3.63) is 64.7 Å². The molecule has 2 aromatic carbocycles. The molecule has 2 N–H and O–H groups in total. The van der Waals surface area contributed by atoms with Gasteiger partial charge in [-0.1, -0.05) is 41.9 Å². The Morgan fingerprint density at radius 3 is 2.48 bits per heavy atom. The Morgan fingerprint density at radius 1 is 1.08 bits per heavy atom. The largest absolute Gasteiger partial charge is 0.417 e. The fourth-order valence-corrected chi connectivity index (χ4v) is 2.49. The summed E-state index contributed by atoms with van der Waals surface area (Å²) in [5.74, 6) is -0.281. The van der Waals surface area contributed by atoms with E-state index in [1.807, 2.05) is 30.3 Å². The Balaban J connectivity index is 1.75. The van der Waals surface area contributed by atoms with E-state index in [0.717, 1.165) is 25.0 Å². The van der Waals surface area contributed by atoms with Crippen LogP contribution in [-0.4, -0.2) is 19.0 Å². The number of anilines is 1. The second-order valence-electron chi connectivity index (χ2n) is 5.49. The lowest BCUT2D eigenvalue weighted by Gasteiger charge is -2.12. The van der Waals surface area contributed by atoms with E-state index in [1.54, 1.807) is 0 Å². The quantitative estimate of drug-likeness (QED) is 0.703. The van der Waals surface area contributed by atoms with Gasteiger partial charge < -0.3 is 10.6 Å². The number of nitrogens with one attached hydrogen (secondary N) is 2. The third kappa shape index (κ3) is 6.31. The van der Waals surface area contributed by atoms with Crippen LogP contribution in [0, 0.1) is 0 Å². The molecule has 0 aromatic heterocycles. The predicted octanol–water partition coefficient (Wildman–Crippen LogP) is 4.52. The molecule has 134 valence electrons. The summed E-state index contributed by atoms with van der Waals surface area (Å²) in [5, 5.41) is 5.03. The number of hydrogen-bond acceptors (Lipinski definition) is 2. The lowest BCUT2D eigenvalue weighted by atomic mass is 10.1. The molecule has 0 saturated heterocycles. The topological polar surface area (TPSA) is 41.1 Å². The van der Waals surface area contributed by atoms with Crippen molar-refractivity contribution in [2.24, 2.45) is 0 Å². The molecule has 2 rings (SSSR count). The number of halogens is 4. The summed E-state index contributed by atoms with van der Waals surface area (Å²) < 4.78 is 38.3. The van der Waals surface area contributed by atoms with Gasteiger partial charge >= 0.3 is 6.18 Å². The zero-order valence-corrected chi connectivity index (χ0v) is 14.1. The summed E-state index contributed by atoms with van der Waals surface area (Å²) in [6.45, 7) is 0.397. The lowest BCUT2D eigenvalue weighted by Crippen LogP contribution is -2.30. The molecule has 0 aliphatic rings. The third-order valence-electron chi connectivity index (χ3n) is 3.53. The zero-order valence-electron chi connectivity index (χ0n) is 13.4. The predicted molar refractivity (Wildman–Crippen MR) is 92.7 cm³/mol. The van der Waals surface area contributed by atoms with Crippen molar-refractivity contribution in [2.75, 3.05) is 18.4 Å². The molecule has 7 heteroatoms. The molecule has 0 fully saturated rings. The highest BCUT2D eigenvalue weighted by Gasteiger charge is 2.33. The van der Waals surface area contributed by atoms with Gasteiger partial charge in [0.25, 0.3) is 0 Å². The average molecular weight is 371 g/mol. The molecule has 25 heavy (non-hydrogen) atoms. The smallest absolute Gasteiger partial charge is 0.376 e. The Morgan fingerprint density at radius 2 is 1.80 bits per heavy atom. The summed E-state index contributed by atoms with van der Waals surface area (Å²) >= 11 is 5.55. The molecule has 0 unspecified atom stereocenters. The van der Waals surface area contributed by atoms with Crippen molar-refractivity contribution in [2.45, 2.75) is 19.0 Å². The van der Waals surface area contributed by atoms with Gasteiger partial charge in [-0.15, -0.1) is 0 Å². The molecule has 0 radical (unpaired) electrons. The van der Waals surface area contributed by atoms with Crippen LogP contribution in [0.4, 0.5) is 18.9 Å². The SMILES string of the molecule is O=C(CNc1ccc(Cl)c(C(F)(F)F)c1)NCCCc1ccccc1. The maximum Gasteiger partial charge on any atom is 0.417 e. The van der Waals surface area contributed by atoms with Crippen LogP contribution < -0.4 is 10.6 Å². The summed E-state index contributed by atoms with van der Waals surface area (Å²) in [5.41, 5.74) is 0.453. The number of carbonyl (C=O) groups excluding carboxylic acids is 1. The Bertz CT molecular complexity index is 705. The second-order valence-corrected chi connectivity index (χ2v) is 5.89. The van der Waals surface area contributed by atoms with Gasteiger partial charge in [0.1, 0.15) is 0 Å². The van der Waals surface area contributed by atoms with E-state index in [0.29, 0.717) is 6.54 Å². The monoisotopic (exact) mass is 370 g/mol. The molecular formula is C18H18ClF3N2O. The molecule has 2 aromatic rings. The maximum absolute atomic E-state index is 12.8. The van der Waals surface area contributed by atoms with E-state index in [2.05, 4.69) is 10.6 Å². The first kappa shape index (κ1) is 19.1. The number of amides is 1. The van der Waals surface area contributed by atoms with Crippen molar-refractivity contribution in [3.8, 4) is 0 Å². The van der Waals surface area contributed by atoms with Gasteiger partial charge in [-0.25, -0.2) is 0 Å². The first-order chi connectivity index (χ1) is 11.9. The molecule has 1 amide bonds. The first-order valence-electron chi connectivity index (χ1n) is 7.77. The van der Waals surface area contributed by atoms with Gasteiger partial charge in [-0.05, 0) is 36.6 Å². The van der Waals surface area contributed by atoms with Crippen molar-refractivity contribution < 1.29 is 18.0 Å². The van der Waals surface area contributed by atoms with Crippen LogP contribution in [0.15, 0.2) is 48.5 Å². The highest BCUT2D eigenvalue weighted by molar-refractivity contribution is 6.31. The summed E-state index contributed by atoms with van der Waals surface area (Å²) in [4.78, 5) is 11.8. The van der Waals surface area contributed by atoms with Crippen LogP contribution in [0.3, 0.4) is 0 Å². The fourth-order valence-electron chi connectivity index (χ4n) is 2.26. The van der Waals surface area contributed by atoms with Crippen LogP contribution in [0.2, 0.25) is 5.02 Å². The van der Waals surface area contributed by atoms with Gasteiger partial charge in [-0.3, -0.25) is 4.79 Å². The number of rotatable bonds is 7. The Kier molecular flexibility index (Phi) is 6.70.